The predicted octanol–water partition coefficient (Wildman–Crippen LogP) is 3.71. The molecule has 2 rings (SSSR count). The Morgan fingerprint density at radius 1 is 1.07 bits per heavy atom. The lowest BCUT2D eigenvalue weighted by Gasteiger charge is -2.27. The molecule has 30 heavy (non-hydrogen) atoms. The number of ether oxygens (including phenoxy) is 2. The average Bonchev–Trinajstić information content (AvgIpc) is 2.72. The highest BCUT2D eigenvalue weighted by Gasteiger charge is 2.28. The van der Waals surface area contributed by atoms with Gasteiger partial charge in [0.2, 0.25) is 5.91 Å². The van der Waals surface area contributed by atoms with E-state index in [0.717, 1.165) is 5.56 Å². The second kappa shape index (κ2) is 10.6. The number of alkyl halides is 2. The molecule has 6 nitrogen and oxygen atoms in total. The zero-order chi connectivity index (χ0) is 22.3. The van der Waals surface area contributed by atoms with Gasteiger partial charge in [-0.05, 0) is 35.7 Å². The first kappa shape index (κ1) is 23.1. The van der Waals surface area contributed by atoms with Gasteiger partial charge in [-0.1, -0.05) is 38.1 Å². The number of amides is 2. The van der Waals surface area contributed by atoms with Gasteiger partial charge in [-0.15, -0.1) is 0 Å². The Balaban J connectivity index is 2.07. The number of benzene rings is 2. The SMILES string of the molecule is COc1ccccc1C(=O)N[C@H](C(=O)N(C)Cc1ccc(OC(F)F)cc1)C(C)C. The number of hydrogen-bond donors (Lipinski definition) is 1. The van der Waals surface area contributed by atoms with E-state index in [9.17, 15) is 18.4 Å². The first-order chi connectivity index (χ1) is 14.2. The van der Waals surface area contributed by atoms with Crippen LogP contribution in [0.4, 0.5) is 8.78 Å². The van der Waals surface area contributed by atoms with Gasteiger partial charge in [-0.2, -0.15) is 8.78 Å². The summed E-state index contributed by atoms with van der Waals surface area (Å²) in [5.41, 5.74) is 1.08. The minimum Gasteiger partial charge on any atom is -0.496 e. The van der Waals surface area contributed by atoms with E-state index < -0.39 is 18.6 Å². The Kier molecular flexibility index (Phi) is 8.15. The number of rotatable bonds is 9. The van der Waals surface area contributed by atoms with Crippen molar-refractivity contribution in [1.82, 2.24) is 10.2 Å². The van der Waals surface area contributed by atoms with E-state index in [2.05, 4.69) is 10.1 Å². The number of para-hydroxylation sites is 1. The smallest absolute Gasteiger partial charge is 0.387 e. The van der Waals surface area contributed by atoms with Crippen molar-refractivity contribution in [3.63, 3.8) is 0 Å². The maximum absolute atomic E-state index is 13.0. The molecule has 0 spiro atoms. The molecule has 0 bridgehead atoms. The van der Waals surface area contributed by atoms with E-state index in [1.165, 1.54) is 24.1 Å². The molecule has 162 valence electrons. The van der Waals surface area contributed by atoms with E-state index in [1.54, 1.807) is 43.4 Å². The zero-order valence-electron chi connectivity index (χ0n) is 17.4. The number of carbonyl (C=O) groups excluding carboxylic acids is 2. The number of halogens is 2. The standard InChI is InChI=1S/C22H26F2N2O4/c1-14(2)19(25-20(27)17-7-5-6-8-18(17)29-4)21(28)26(3)13-15-9-11-16(12-10-15)30-22(23)24/h5-12,14,19,22H,13H2,1-4H3,(H,25,27)/t19-/m0/s1. The molecule has 2 amide bonds. The molecule has 0 aliphatic heterocycles. The van der Waals surface area contributed by atoms with Crippen LogP contribution in [0.25, 0.3) is 0 Å². The number of nitrogens with zero attached hydrogens (tertiary/aromatic N) is 1. The Hall–Kier alpha value is -3.16. The molecule has 0 fully saturated rings. The Labute approximate surface area is 174 Å². The Morgan fingerprint density at radius 2 is 1.70 bits per heavy atom. The number of carbonyl (C=O) groups is 2. The van der Waals surface area contributed by atoms with E-state index in [4.69, 9.17) is 4.74 Å². The largest absolute Gasteiger partial charge is 0.496 e. The van der Waals surface area contributed by atoms with Crippen molar-refractivity contribution < 1.29 is 27.8 Å². The van der Waals surface area contributed by atoms with Crippen molar-refractivity contribution in [2.45, 2.75) is 33.0 Å². The van der Waals surface area contributed by atoms with Crippen LogP contribution >= 0.6 is 0 Å². The first-order valence-corrected chi connectivity index (χ1v) is 9.45. The van der Waals surface area contributed by atoms with Crippen LogP contribution in [0.2, 0.25) is 0 Å². The minimum absolute atomic E-state index is 0.0480. The summed E-state index contributed by atoms with van der Waals surface area (Å²) in [6.45, 7) is 1.05. The third-order valence-electron chi connectivity index (χ3n) is 4.52. The fourth-order valence-electron chi connectivity index (χ4n) is 2.93. The van der Waals surface area contributed by atoms with Crippen molar-refractivity contribution in [2.75, 3.05) is 14.2 Å². The third kappa shape index (κ3) is 6.17. The summed E-state index contributed by atoms with van der Waals surface area (Å²) in [5.74, 6) is -0.348. The summed E-state index contributed by atoms with van der Waals surface area (Å²) >= 11 is 0. The Bertz CT molecular complexity index is 856. The van der Waals surface area contributed by atoms with Gasteiger partial charge in [0, 0.05) is 13.6 Å². The fraction of sp³-hybridized carbons (Fsp3) is 0.364. The second-order valence-electron chi connectivity index (χ2n) is 7.11. The van der Waals surface area contributed by atoms with Gasteiger partial charge in [-0.25, -0.2) is 0 Å². The zero-order valence-corrected chi connectivity index (χ0v) is 17.4. The normalized spacial score (nSPS) is 11.9. The highest BCUT2D eigenvalue weighted by Crippen LogP contribution is 2.19. The minimum atomic E-state index is -2.89. The van der Waals surface area contributed by atoms with Gasteiger partial charge in [0.05, 0.1) is 12.7 Å². The molecular formula is C22H26F2N2O4. The van der Waals surface area contributed by atoms with Crippen LogP contribution in [0.3, 0.4) is 0 Å². The van der Waals surface area contributed by atoms with Crippen LogP contribution in [0, 0.1) is 5.92 Å². The van der Waals surface area contributed by atoms with E-state index in [-0.39, 0.29) is 24.1 Å². The molecule has 2 aromatic carbocycles. The maximum Gasteiger partial charge on any atom is 0.387 e. The van der Waals surface area contributed by atoms with Crippen LogP contribution in [0.15, 0.2) is 48.5 Å². The topological polar surface area (TPSA) is 67.9 Å². The molecule has 1 N–H and O–H groups in total. The molecule has 2 aromatic rings. The summed E-state index contributed by atoms with van der Waals surface area (Å²) in [6.07, 6.45) is 0. The lowest BCUT2D eigenvalue weighted by molar-refractivity contribution is -0.133. The van der Waals surface area contributed by atoms with Crippen molar-refractivity contribution in [3.05, 3.63) is 59.7 Å². The fourth-order valence-corrected chi connectivity index (χ4v) is 2.93. The highest BCUT2D eigenvalue weighted by atomic mass is 19.3. The van der Waals surface area contributed by atoms with Crippen molar-refractivity contribution in [1.29, 1.82) is 0 Å². The first-order valence-electron chi connectivity index (χ1n) is 9.45. The molecule has 0 aliphatic carbocycles. The van der Waals surface area contributed by atoms with E-state index in [1.807, 2.05) is 13.8 Å². The lowest BCUT2D eigenvalue weighted by atomic mass is 10.0. The van der Waals surface area contributed by atoms with Gasteiger partial charge in [-0.3, -0.25) is 9.59 Å². The van der Waals surface area contributed by atoms with Crippen molar-refractivity contribution in [3.8, 4) is 11.5 Å². The van der Waals surface area contributed by atoms with E-state index in [0.29, 0.717) is 11.3 Å². The average molecular weight is 420 g/mol. The summed E-state index contributed by atoms with van der Waals surface area (Å²) in [7, 11) is 3.10. The molecule has 1 atom stereocenters. The van der Waals surface area contributed by atoms with Crippen molar-refractivity contribution in [2.24, 2.45) is 5.92 Å². The van der Waals surface area contributed by atoms with Crippen LogP contribution in [0.1, 0.15) is 29.8 Å². The maximum atomic E-state index is 13.0. The van der Waals surface area contributed by atoms with Crippen LogP contribution < -0.4 is 14.8 Å². The number of likely N-dealkylation sites (N-methyl/N-ethyl adjacent to an activating group) is 1. The molecule has 0 radical (unpaired) electrons. The predicted molar refractivity (Wildman–Crippen MR) is 109 cm³/mol. The summed E-state index contributed by atoms with van der Waals surface area (Å²) in [4.78, 5) is 27.2. The second-order valence-corrected chi connectivity index (χ2v) is 7.11. The highest BCUT2D eigenvalue weighted by molar-refractivity contribution is 5.99. The summed E-state index contributed by atoms with van der Waals surface area (Å²) in [5, 5.41) is 2.79. The molecule has 0 saturated carbocycles. The summed E-state index contributed by atoms with van der Waals surface area (Å²) in [6, 6.07) is 12.1. The molecular weight excluding hydrogens is 394 g/mol. The third-order valence-corrected chi connectivity index (χ3v) is 4.52. The Morgan fingerprint density at radius 3 is 2.27 bits per heavy atom. The monoisotopic (exact) mass is 420 g/mol. The molecule has 0 heterocycles. The molecule has 0 saturated heterocycles. The van der Waals surface area contributed by atoms with Gasteiger partial charge in [0.25, 0.3) is 5.91 Å². The number of hydrogen-bond acceptors (Lipinski definition) is 4. The van der Waals surface area contributed by atoms with Gasteiger partial charge in [0.15, 0.2) is 0 Å². The van der Waals surface area contributed by atoms with Gasteiger partial charge >= 0.3 is 6.61 Å². The quantitative estimate of drug-likeness (QED) is 0.672. The number of nitrogens with one attached hydrogen (secondary N) is 1. The van der Waals surface area contributed by atoms with E-state index >= 15 is 0 Å². The van der Waals surface area contributed by atoms with Gasteiger partial charge in [0.1, 0.15) is 17.5 Å². The molecule has 0 unspecified atom stereocenters. The van der Waals surface area contributed by atoms with Crippen LogP contribution in [-0.4, -0.2) is 43.5 Å². The lowest BCUT2D eigenvalue weighted by Crippen LogP contribution is -2.50. The molecule has 0 aromatic heterocycles. The van der Waals surface area contributed by atoms with Crippen molar-refractivity contribution >= 4 is 11.8 Å². The number of methoxy groups -OCH3 is 1. The molecule has 0 aliphatic rings. The van der Waals surface area contributed by atoms with Crippen LogP contribution in [-0.2, 0) is 11.3 Å². The van der Waals surface area contributed by atoms with Gasteiger partial charge < -0.3 is 19.7 Å². The van der Waals surface area contributed by atoms with Crippen LogP contribution in [0.5, 0.6) is 11.5 Å². The summed E-state index contributed by atoms with van der Waals surface area (Å²) < 4.78 is 34.1. The molecule has 8 heteroatoms.